The van der Waals surface area contributed by atoms with E-state index < -0.39 is 0 Å². The Hall–Kier alpha value is -1.38. The minimum atomic E-state index is -0.0353. The first-order valence-corrected chi connectivity index (χ1v) is 13.2. The van der Waals surface area contributed by atoms with Crippen LogP contribution in [0.5, 0.6) is 0 Å². The van der Waals surface area contributed by atoms with Crippen molar-refractivity contribution >= 4 is 11.8 Å². The number of hydrogen-bond acceptors (Lipinski definition) is 3. The smallest absolute Gasteiger partial charge is 0.308 e. The molecule has 178 valence electrons. The van der Waals surface area contributed by atoms with Gasteiger partial charge < -0.3 is 4.74 Å². The Labute approximate surface area is 195 Å². The van der Waals surface area contributed by atoms with Crippen molar-refractivity contribution < 1.29 is 14.3 Å². The number of esters is 1. The summed E-state index contributed by atoms with van der Waals surface area (Å²) >= 11 is 0. The zero-order chi connectivity index (χ0) is 23.3. The largest absolute Gasteiger partial charge is 0.466 e. The van der Waals surface area contributed by atoms with Crippen LogP contribution in [0.15, 0.2) is 23.3 Å². The first kappa shape index (κ1) is 23.8. The van der Waals surface area contributed by atoms with E-state index in [4.69, 9.17) is 4.74 Å². The monoisotopic (exact) mass is 440 g/mol. The van der Waals surface area contributed by atoms with Crippen LogP contribution in [-0.4, -0.2) is 18.4 Å². The number of fused-ring (bicyclic) bond motifs is 5. The number of carbonyl (C=O) groups is 2. The average Bonchev–Trinajstić information content (AvgIpc) is 3.11. The third-order valence-corrected chi connectivity index (χ3v) is 10.4. The fraction of sp³-hybridized carbons (Fsp3) is 0.793. The maximum atomic E-state index is 12.3. The topological polar surface area (TPSA) is 43.4 Å². The Morgan fingerprint density at radius 2 is 1.94 bits per heavy atom. The molecule has 4 aliphatic carbocycles. The predicted molar refractivity (Wildman–Crippen MR) is 129 cm³/mol. The molecule has 0 aromatic heterocycles. The van der Waals surface area contributed by atoms with Gasteiger partial charge >= 0.3 is 5.97 Å². The highest BCUT2D eigenvalue weighted by Gasteiger charge is 2.60. The Balaban J connectivity index is 1.56. The molecule has 0 aromatic rings. The van der Waals surface area contributed by atoms with Gasteiger partial charge in [-0.15, -0.1) is 0 Å². The lowest BCUT2D eigenvalue weighted by Crippen LogP contribution is -2.51. The highest BCUT2D eigenvalue weighted by atomic mass is 16.5. The average molecular weight is 441 g/mol. The quantitative estimate of drug-likeness (QED) is 0.436. The summed E-state index contributed by atoms with van der Waals surface area (Å²) in [6.45, 7) is 14.0. The van der Waals surface area contributed by atoms with Gasteiger partial charge in [0.1, 0.15) is 0 Å². The van der Waals surface area contributed by atoms with Gasteiger partial charge in [-0.25, -0.2) is 0 Å². The number of ether oxygens (including phenoxy) is 1. The first-order valence-electron chi connectivity index (χ1n) is 13.2. The number of hydrogen-bond donors (Lipinski definition) is 0. The van der Waals surface area contributed by atoms with Crippen LogP contribution in [0.4, 0.5) is 0 Å². The van der Waals surface area contributed by atoms with E-state index in [2.05, 4.69) is 33.8 Å². The molecule has 0 radical (unpaired) electrons. The molecule has 3 fully saturated rings. The van der Waals surface area contributed by atoms with Gasteiger partial charge in [-0.3, -0.25) is 9.59 Å². The standard InChI is InChI=1S/C29H44O3/c1-7-20-16-22-24-10-9-23(18(3)15-19(4)27(31)32-8-2)28(24,5)14-12-25(22)29(6)13-11-21(30)17-26(20)29/h7,17-19,22-25H,8-16H2,1-6H3/b20-7-/t18-,19?,22?,23?,24?,25?,28-,29-/m1/s1. The van der Waals surface area contributed by atoms with Crippen LogP contribution >= 0.6 is 0 Å². The summed E-state index contributed by atoms with van der Waals surface area (Å²) in [4.78, 5) is 24.5. The first-order chi connectivity index (χ1) is 15.2. The minimum Gasteiger partial charge on any atom is -0.466 e. The number of allylic oxidation sites excluding steroid dienone is 3. The minimum absolute atomic E-state index is 0.0142. The number of rotatable bonds is 5. The van der Waals surface area contributed by atoms with Gasteiger partial charge in [-0.2, -0.15) is 0 Å². The Bertz CT molecular complexity index is 822. The maximum Gasteiger partial charge on any atom is 0.308 e. The van der Waals surface area contributed by atoms with E-state index in [0.717, 1.165) is 31.1 Å². The number of ketones is 1. The Morgan fingerprint density at radius 3 is 2.62 bits per heavy atom. The molecular formula is C29H44O3. The van der Waals surface area contributed by atoms with Crippen LogP contribution in [0.3, 0.4) is 0 Å². The molecule has 3 heteroatoms. The van der Waals surface area contributed by atoms with E-state index in [9.17, 15) is 9.59 Å². The predicted octanol–water partition coefficient (Wildman–Crippen LogP) is 6.92. The van der Waals surface area contributed by atoms with Gasteiger partial charge in [-0.05, 0) is 116 Å². The van der Waals surface area contributed by atoms with Crippen molar-refractivity contribution in [1.82, 2.24) is 0 Å². The maximum absolute atomic E-state index is 12.3. The second kappa shape index (κ2) is 8.76. The van der Waals surface area contributed by atoms with Crippen molar-refractivity contribution in [2.45, 2.75) is 92.9 Å². The van der Waals surface area contributed by atoms with Crippen molar-refractivity contribution in [3.05, 3.63) is 23.3 Å². The third kappa shape index (κ3) is 3.72. The van der Waals surface area contributed by atoms with E-state index in [0.29, 0.717) is 42.0 Å². The van der Waals surface area contributed by atoms with Crippen LogP contribution < -0.4 is 0 Å². The van der Waals surface area contributed by atoms with Crippen LogP contribution in [0.2, 0.25) is 0 Å². The zero-order valence-electron chi connectivity index (χ0n) is 21.2. The van der Waals surface area contributed by atoms with Gasteiger partial charge in [-0.1, -0.05) is 33.8 Å². The Morgan fingerprint density at radius 1 is 1.19 bits per heavy atom. The second-order valence-electron chi connectivity index (χ2n) is 11.9. The molecule has 0 spiro atoms. The normalized spacial score (nSPS) is 41.9. The van der Waals surface area contributed by atoms with E-state index in [1.165, 1.54) is 36.8 Å². The van der Waals surface area contributed by atoms with Crippen LogP contribution in [0, 0.1) is 46.3 Å². The summed E-state index contributed by atoms with van der Waals surface area (Å²) < 4.78 is 5.29. The molecule has 0 bridgehead atoms. The van der Waals surface area contributed by atoms with Gasteiger partial charge in [0.25, 0.3) is 0 Å². The molecule has 0 saturated heterocycles. The van der Waals surface area contributed by atoms with Crippen molar-refractivity contribution in [1.29, 1.82) is 0 Å². The molecule has 5 unspecified atom stereocenters. The summed E-state index contributed by atoms with van der Waals surface area (Å²) in [6.07, 6.45) is 13.3. The second-order valence-corrected chi connectivity index (χ2v) is 11.9. The van der Waals surface area contributed by atoms with E-state index in [1.807, 2.05) is 19.9 Å². The molecule has 3 saturated carbocycles. The molecule has 0 N–H and O–H groups in total. The van der Waals surface area contributed by atoms with Crippen molar-refractivity contribution in [3.63, 3.8) is 0 Å². The fourth-order valence-electron chi connectivity index (χ4n) is 8.84. The van der Waals surface area contributed by atoms with E-state index >= 15 is 0 Å². The van der Waals surface area contributed by atoms with Crippen LogP contribution in [0.25, 0.3) is 0 Å². The van der Waals surface area contributed by atoms with Crippen molar-refractivity contribution in [2.75, 3.05) is 6.61 Å². The van der Waals surface area contributed by atoms with Crippen molar-refractivity contribution in [2.24, 2.45) is 46.3 Å². The molecule has 0 aliphatic heterocycles. The lowest BCUT2D eigenvalue weighted by atomic mass is 9.45. The molecule has 32 heavy (non-hydrogen) atoms. The van der Waals surface area contributed by atoms with Crippen LogP contribution in [-0.2, 0) is 14.3 Å². The highest BCUT2D eigenvalue weighted by molar-refractivity contribution is 5.92. The summed E-state index contributed by atoms with van der Waals surface area (Å²) in [5, 5.41) is 0. The van der Waals surface area contributed by atoms with Gasteiger partial charge in [0.05, 0.1) is 12.5 Å². The van der Waals surface area contributed by atoms with Gasteiger partial charge in [0.15, 0.2) is 5.78 Å². The molecule has 3 nitrogen and oxygen atoms in total. The number of carbonyl (C=O) groups excluding carboxylic acids is 2. The highest BCUT2D eigenvalue weighted by Crippen LogP contribution is 2.68. The van der Waals surface area contributed by atoms with E-state index in [-0.39, 0.29) is 17.3 Å². The molecular weight excluding hydrogens is 396 g/mol. The SMILES string of the molecule is C/C=C1/CC2C3CCC([C@H](C)CC(C)C(=O)OCC)[C@@]3(C)CCC2[C@@]2(C)CCC(=O)C=C12. The van der Waals surface area contributed by atoms with Crippen LogP contribution in [0.1, 0.15) is 92.9 Å². The Kier molecular flexibility index (Phi) is 6.51. The van der Waals surface area contributed by atoms with Gasteiger partial charge in [0, 0.05) is 6.42 Å². The van der Waals surface area contributed by atoms with Gasteiger partial charge in [0.2, 0.25) is 0 Å². The lowest BCUT2D eigenvalue weighted by molar-refractivity contribution is -0.148. The molecule has 8 atom stereocenters. The molecule has 4 rings (SSSR count). The molecule has 4 aliphatic rings. The van der Waals surface area contributed by atoms with Crippen molar-refractivity contribution in [3.8, 4) is 0 Å². The molecule has 0 amide bonds. The molecule has 0 aromatic carbocycles. The fourth-order valence-corrected chi connectivity index (χ4v) is 8.84. The zero-order valence-corrected chi connectivity index (χ0v) is 21.2. The summed E-state index contributed by atoms with van der Waals surface area (Å²) in [7, 11) is 0. The summed E-state index contributed by atoms with van der Waals surface area (Å²) in [5.41, 5.74) is 3.35. The van der Waals surface area contributed by atoms with E-state index in [1.54, 1.807) is 0 Å². The third-order valence-electron chi connectivity index (χ3n) is 10.4. The molecule has 0 heterocycles. The lowest BCUT2D eigenvalue weighted by Gasteiger charge is -2.59. The summed E-state index contributed by atoms with van der Waals surface area (Å²) in [5.74, 6) is 3.71. The summed E-state index contributed by atoms with van der Waals surface area (Å²) in [6, 6.07) is 0.